The Kier molecular flexibility index (Phi) is 7.62. The molecule has 5 fully saturated rings. The highest BCUT2D eigenvalue weighted by Gasteiger charge is 2.70. The number of esters is 1. The van der Waals surface area contributed by atoms with Crippen LogP contribution in [0, 0.1) is 40.4 Å². The molecule has 2 heterocycles. The highest BCUT2D eigenvalue weighted by Crippen LogP contribution is 2.71. The normalized spacial score (nSPS) is 51.3. The zero-order valence-corrected chi connectivity index (χ0v) is 24.9. The van der Waals surface area contributed by atoms with Gasteiger partial charge >= 0.3 is 11.9 Å². The Morgan fingerprint density at radius 1 is 1.12 bits per heavy atom. The molecule has 41 heavy (non-hydrogen) atoms. The molecular formula is C32H48O9. The van der Waals surface area contributed by atoms with Crippen molar-refractivity contribution in [2.75, 3.05) is 13.7 Å². The van der Waals surface area contributed by atoms with Crippen LogP contribution < -0.4 is 0 Å². The molecule has 0 aromatic rings. The molecule has 2 aliphatic heterocycles. The van der Waals surface area contributed by atoms with Gasteiger partial charge in [0.2, 0.25) is 0 Å². The van der Waals surface area contributed by atoms with E-state index in [0.717, 1.165) is 50.5 Å². The van der Waals surface area contributed by atoms with Gasteiger partial charge in [0.1, 0.15) is 12.7 Å². The maximum absolute atomic E-state index is 12.7. The summed E-state index contributed by atoms with van der Waals surface area (Å²) in [7, 11) is 1.62. The van der Waals surface area contributed by atoms with Crippen LogP contribution in [0.4, 0.5) is 0 Å². The van der Waals surface area contributed by atoms with Crippen molar-refractivity contribution in [1.29, 1.82) is 0 Å². The molecule has 0 radical (unpaired) electrons. The second-order valence-corrected chi connectivity index (χ2v) is 14.5. The summed E-state index contributed by atoms with van der Waals surface area (Å²) >= 11 is 0. The highest BCUT2D eigenvalue weighted by molar-refractivity contribution is 5.85. The third-order valence-electron chi connectivity index (χ3n) is 12.8. The molecule has 13 atom stereocenters. The molecule has 230 valence electrons. The van der Waals surface area contributed by atoms with Gasteiger partial charge in [-0.3, -0.25) is 4.79 Å². The Labute approximate surface area is 242 Å². The largest absolute Gasteiger partial charge is 0.481 e. The number of cyclic esters (lactones) is 1. The standard InChI is InChI=1S/C32H48O9/c1-17-29(36)24(38-4)14-27(40-17)41-21-7-9-30(2)20(13-21)5-6-23-22(30)8-10-31(3)28(19-12-26(35)39-16-19)18(11-25(33)34)15-32(23,31)37/h12,17-18,20-24,27-29,36-37H,5-11,13-16H2,1-4H3,(H,33,34)/t17-,18-,20+,21+,22-,23+,24+,27-,28+,29+,30-,31+,32+/m0/s1. The number of carbonyl (C=O) groups is 2. The molecule has 0 amide bonds. The van der Waals surface area contributed by atoms with E-state index < -0.39 is 23.1 Å². The van der Waals surface area contributed by atoms with Crippen LogP contribution in [0.5, 0.6) is 0 Å². The lowest BCUT2D eigenvalue weighted by molar-refractivity contribution is -0.273. The number of hydrogen-bond donors (Lipinski definition) is 3. The number of aliphatic carboxylic acids is 1. The van der Waals surface area contributed by atoms with Crippen LogP contribution in [-0.2, 0) is 28.5 Å². The predicted octanol–water partition coefficient (Wildman–Crippen LogP) is 3.84. The SMILES string of the molecule is CO[C@@H]1C[C@H](O[C@@H]2CC[C@@]3(C)[C@H](CC[C@@H]4[C@@H]3CC[C@]3(C)[C@@H](C5=CC(=O)OC5)[C@@H](CC(=O)O)C[C@@]43O)C2)O[C@@H](C)[C@H]1O. The summed E-state index contributed by atoms with van der Waals surface area (Å²) in [5.74, 6) is -0.663. The number of methoxy groups -OCH3 is 1. The van der Waals surface area contributed by atoms with Gasteiger partial charge in [0.25, 0.3) is 0 Å². The summed E-state index contributed by atoms with van der Waals surface area (Å²) in [6.45, 7) is 6.62. The molecule has 1 saturated heterocycles. The van der Waals surface area contributed by atoms with Crippen LogP contribution in [0.1, 0.15) is 85.0 Å². The van der Waals surface area contributed by atoms with Crippen molar-refractivity contribution in [3.05, 3.63) is 11.6 Å². The van der Waals surface area contributed by atoms with Crippen molar-refractivity contribution in [3.8, 4) is 0 Å². The van der Waals surface area contributed by atoms with E-state index in [2.05, 4.69) is 13.8 Å². The number of aliphatic hydroxyl groups excluding tert-OH is 1. The Morgan fingerprint density at radius 2 is 1.90 bits per heavy atom. The lowest BCUT2D eigenvalue weighted by Crippen LogP contribution is -2.62. The first-order valence-corrected chi connectivity index (χ1v) is 15.7. The van der Waals surface area contributed by atoms with Gasteiger partial charge in [0.15, 0.2) is 6.29 Å². The molecule has 0 unspecified atom stereocenters. The summed E-state index contributed by atoms with van der Waals surface area (Å²) < 4.78 is 23.2. The van der Waals surface area contributed by atoms with E-state index in [1.807, 2.05) is 6.92 Å². The first-order valence-electron chi connectivity index (χ1n) is 15.7. The fraction of sp³-hybridized carbons (Fsp3) is 0.875. The molecule has 6 rings (SSSR count). The van der Waals surface area contributed by atoms with Gasteiger partial charge in [-0.15, -0.1) is 0 Å². The zero-order valence-electron chi connectivity index (χ0n) is 24.9. The summed E-state index contributed by atoms with van der Waals surface area (Å²) in [6, 6.07) is 0. The number of carboxylic acid groups (broad SMARTS) is 1. The minimum Gasteiger partial charge on any atom is -0.481 e. The van der Waals surface area contributed by atoms with Crippen molar-refractivity contribution in [3.63, 3.8) is 0 Å². The van der Waals surface area contributed by atoms with E-state index in [1.54, 1.807) is 13.2 Å². The van der Waals surface area contributed by atoms with E-state index in [4.69, 9.17) is 18.9 Å². The molecule has 0 bridgehead atoms. The predicted molar refractivity (Wildman–Crippen MR) is 147 cm³/mol. The average molecular weight is 577 g/mol. The van der Waals surface area contributed by atoms with Gasteiger partial charge in [-0.2, -0.15) is 0 Å². The van der Waals surface area contributed by atoms with Gasteiger partial charge in [0.05, 0.1) is 23.9 Å². The molecule has 0 spiro atoms. The molecular weight excluding hydrogens is 528 g/mol. The quantitative estimate of drug-likeness (QED) is 0.319. The lowest BCUT2D eigenvalue weighted by Gasteiger charge is -2.63. The van der Waals surface area contributed by atoms with Crippen LogP contribution >= 0.6 is 0 Å². The summed E-state index contributed by atoms with van der Waals surface area (Å²) in [5, 5.41) is 32.8. The average Bonchev–Trinajstić information content (AvgIpc) is 3.42. The van der Waals surface area contributed by atoms with E-state index in [0.29, 0.717) is 24.7 Å². The number of carbonyl (C=O) groups excluding carboxylic acids is 1. The summed E-state index contributed by atoms with van der Waals surface area (Å²) in [5.41, 5.74) is -0.526. The first kappa shape index (κ1) is 29.5. The minimum absolute atomic E-state index is 0.00674. The van der Waals surface area contributed by atoms with E-state index in [9.17, 15) is 24.9 Å². The van der Waals surface area contributed by atoms with Crippen LogP contribution in [0.2, 0.25) is 0 Å². The van der Waals surface area contributed by atoms with Crippen molar-refractivity contribution in [1.82, 2.24) is 0 Å². The number of carboxylic acids is 1. The molecule has 0 aromatic carbocycles. The molecule has 4 aliphatic carbocycles. The van der Waals surface area contributed by atoms with Crippen molar-refractivity contribution >= 4 is 11.9 Å². The Bertz CT molecular complexity index is 1080. The number of hydrogen-bond acceptors (Lipinski definition) is 8. The van der Waals surface area contributed by atoms with Crippen LogP contribution in [0.25, 0.3) is 0 Å². The number of ether oxygens (including phenoxy) is 4. The Morgan fingerprint density at radius 3 is 2.59 bits per heavy atom. The monoisotopic (exact) mass is 576 g/mol. The van der Waals surface area contributed by atoms with Crippen LogP contribution in [-0.4, -0.2) is 77.3 Å². The van der Waals surface area contributed by atoms with Crippen molar-refractivity contribution < 1.29 is 43.9 Å². The third-order valence-corrected chi connectivity index (χ3v) is 12.8. The van der Waals surface area contributed by atoms with E-state index in [1.165, 1.54) is 0 Å². The third kappa shape index (κ3) is 4.69. The minimum atomic E-state index is -0.976. The molecule has 6 aliphatic rings. The maximum atomic E-state index is 12.7. The van der Waals surface area contributed by atoms with E-state index >= 15 is 0 Å². The number of fused-ring (bicyclic) bond motifs is 5. The summed E-state index contributed by atoms with van der Waals surface area (Å²) in [6.07, 6.45) is 7.57. The fourth-order valence-corrected chi connectivity index (χ4v) is 10.8. The van der Waals surface area contributed by atoms with Gasteiger partial charge in [-0.05, 0) is 98.9 Å². The number of rotatable bonds is 6. The van der Waals surface area contributed by atoms with Gasteiger partial charge in [-0.1, -0.05) is 13.8 Å². The van der Waals surface area contributed by atoms with Gasteiger partial charge in [-0.25, -0.2) is 4.79 Å². The summed E-state index contributed by atoms with van der Waals surface area (Å²) in [4.78, 5) is 23.9. The maximum Gasteiger partial charge on any atom is 0.331 e. The van der Waals surface area contributed by atoms with Crippen molar-refractivity contribution in [2.45, 2.75) is 121 Å². The Balaban J connectivity index is 1.19. The molecule has 9 nitrogen and oxygen atoms in total. The lowest BCUT2D eigenvalue weighted by atomic mass is 9.43. The number of aliphatic hydroxyl groups is 2. The fourth-order valence-electron chi connectivity index (χ4n) is 10.8. The molecule has 9 heteroatoms. The van der Waals surface area contributed by atoms with Gasteiger partial charge < -0.3 is 34.3 Å². The second kappa shape index (κ2) is 10.6. The molecule has 0 aromatic heterocycles. The Hall–Kier alpha value is -1.52. The topological polar surface area (TPSA) is 132 Å². The van der Waals surface area contributed by atoms with Crippen LogP contribution in [0.3, 0.4) is 0 Å². The van der Waals surface area contributed by atoms with Crippen LogP contribution in [0.15, 0.2) is 11.6 Å². The smallest absolute Gasteiger partial charge is 0.331 e. The first-order chi connectivity index (χ1) is 19.4. The van der Waals surface area contributed by atoms with Crippen molar-refractivity contribution in [2.24, 2.45) is 40.4 Å². The second-order valence-electron chi connectivity index (χ2n) is 14.5. The molecule has 4 saturated carbocycles. The highest BCUT2D eigenvalue weighted by atomic mass is 16.7. The van der Waals surface area contributed by atoms with Gasteiger partial charge in [0, 0.05) is 31.4 Å². The van der Waals surface area contributed by atoms with E-state index in [-0.39, 0.29) is 66.8 Å². The zero-order chi connectivity index (χ0) is 29.3. The molecule has 3 N–H and O–H groups in total.